The van der Waals surface area contributed by atoms with Crippen molar-refractivity contribution in [1.29, 1.82) is 0 Å². The maximum absolute atomic E-state index is 13.4. The van der Waals surface area contributed by atoms with E-state index in [1.54, 1.807) is 6.92 Å². The van der Waals surface area contributed by atoms with Gasteiger partial charge in [0, 0.05) is 51.2 Å². The number of hydrogen-bond acceptors (Lipinski definition) is 12. The average Bonchev–Trinajstić information content (AvgIpc) is 3.13. The van der Waals surface area contributed by atoms with E-state index in [1.807, 2.05) is 0 Å². The fourth-order valence-electron chi connectivity index (χ4n) is 5.25. The first-order chi connectivity index (χ1) is 25.5. The highest BCUT2D eigenvalue weighted by atomic mass is 16.6. The van der Waals surface area contributed by atoms with E-state index in [0.717, 1.165) is 64.4 Å². The van der Waals surface area contributed by atoms with E-state index in [1.165, 1.54) is 0 Å². The van der Waals surface area contributed by atoms with Crippen LogP contribution in [0.5, 0.6) is 0 Å². The third kappa shape index (κ3) is 21.4. The minimum atomic E-state index is -0.634. The topological polar surface area (TPSA) is 200 Å². The van der Waals surface area contributed by atoms with Crippen LogP contribution in [-0.4, -0.2) is 76.5 Å². The molecule has 16 heteroatoms. The van der Waals surface area contributed by atoms with E-state index < -0.39 is 35.1 Å². The van der Waals surface area contributed by atoms with Crippen LogP contribution in [0.2, 0.25) is 0 Å². The number of alkyl carbamates (subject to hydrolysis) is 1. The Balaban J connectivity index is 2.65. The number of Topliss-reactive ketones (excluding diaryl/α,β-unsaturated/α-hetero) is 1. The van der Waals surface area contributed by atoms with Gasteiger partial charge >= 0.3 is 41.1 Å². The van der Waals surface area contributed by atoms with Gasteiger partial charge in [-0.15, -0.1) is 0 Å². The van der Waals surface area contributed by atoms with E-state index in [4.69, 9.17) is 18.9 Å². The summed E-state index contributed by atoms with van der Waals surface area (Å²) in [7, 11) is 0. The highest BCUT2D eigenvalue weighted by molar-refractivity contribution is 5.81. The molecule has 0 fully saturated rings. The lowest BCUT2D eigenvalue weighted by molar-refractivity contribution is -0.149. The molecule has 0 saturated carbocycles. The monoisotopic (exact) mass is 750 g/mol. The normalized spacial score (nSPS) is 10.7. The number of nitrogens with zero attached hydrogens (tertiary/aromatic N) is 3. The molecule has 0 atom stereocenters. The van der Waals surface area contributed by atoms with E-state index in [2.05, 4.69) is 18.5 Å². The van der Waals surface area contributed by atoms with Crippen LogP contribution < -0.4 is 22.4 Å². The van der Waals surface area contributed by atoms with Crippen molar-refractivity contribution in [3.63, 3.8) is 0 Å². The largest absolute Gasteiger partial charge is 0.462 e. The molecule has 1 N–H and O–H groups in total. The second-order valence-electron chi connectivity index (χ2n) is 12.5. The Labute approximate surface area is 310 Å². The van der Waals surface area contributed by atoms with Crippen LogP contribution in [0.4, 0.5) is 4.79 Å². The van der Waals surface area contributed by atoms with Gasteiger partial charge in [-0.2, -0.15) is 0 Å². The molecule has 0 radical (unpaired) electrons. The summed E-state index contributed by atoms with van der Waals surface area (Å²) in [6.45, 7) is 8.76. The summed E-state index contributed by atoms with van der Waals surface area (Å²) < 4.78 is 22.8. The molecule has 0 aliphatic carbocycles. The Morgan fingerprint density at radius 2 is 0.906 bits per heavy atom. The molecular weight excluding hydrogens is 692 g/mol. The van der Waals surface area contributed by atoms with Crippen LogP contribution in [0.25, 0.3) is 0 Å². The van der Waals surface area contributed by atoms with Gasteiger partial charge in [0.1, 0.15) is 32.2 Å². The van der Waals surface area contributed by atoms with Crippen molar-refractivity contribution in [2.75, 3.05) is 33.0 Å². The van der Waals surface area contributed by atoms with Gasteiger partial charge in [-0.25, -0.2) is 42.5 Å². The van der Waals surface area contributed by atoms with Crippen LogP contribution in [0.15, 0.2) is 39.7 Å². The fraction of sp³-hybridized carbons (Fsp3) is 0.676. The minimum absolute atomic E-state index is 0.0241. The number of nitrogens with one attached hydrogen (secondary N) is 1. The molecule has 1 amide bonds. The predicted octanol–water partition coefficient (Wildman–Crippen LogP) is 3.73. The molecule has 1 aromatic rings. The quantitative estimate of drug-likeness (QED) is 0.0500. The molecule has 1 rings (SSSR count). The van der Waals surface area contributed by atoms with Gasteiger partial charge in [0.15, 0.2) is 0 Å². The first-order valence-corrected chi connectivity index (χ1v) is 18.6. The number of ketones is 1. The summed E-state index contributed by atoms with van der Waals surface area (Å²) in [6.07, 6.45) is 12.0. The molecule has 0 unspecified atom stereocenters. The van der Waals surface area contributed by atoms with Gasteiger partial charge in [-0.05, 0) is 45.4 Å². The van der Waals surface area contributed by atoms with Crippen LogP contribution in [0.3, 0.4) is 0 Å². The van der Waals surface area contributed by atoms with E-state index in [0.29, 0.717) is 64.3 Å². The first-order valence-electron chi connectivity index (χ1n) is 18.6. The highest BCUT2D eigenvalue weighted by Crippen LogP contribution is 2.08. The van der Waals surface area contributed by atoms with Crippen molar-refractivity contribution in [3.8, 4) is 0 Å². The number of carbonyl (C=O) groups excluding carboxylic acids is 5. The molecule has 0 bridgehead atoms. The zero-order valence-corrected chi connectivity index (χ0v) is 31.3. The van der Waals surface area contributed by atoms with Gasteiger partial charge in [-0.1, -0.05) is 64.5 Å². The number of hydrogen-bond donors (Lipinski definition) is 1. The molecule has 53 heavy (non-hydrogen) atoms. The summed E-state index contributed by atoms with van der Waals surface area (Å²) >= 11 is 0. The highest BCUT2D eigenvalue weighted by Gasteiger charge is 2.15. The van der Waals surface area contributed by atoms with Crippen LogP contribution in [0.1, 0.15) is 110 Å². The Morgan fingerprint density at radius 3 is 1.36 bits per heavy atom. The SMILES string of the molecule is C=CC(=O)OCCOC(=O)CCCCCCCn1c(=O)n(CCCCCCCC(C)=O)c(=O)n(CCCCCCNC(=O)OCCOC(=O)C=C)c1=O. The Morgan fingerprint density at radius 1 is 0.528 bits per heavy atom. The number of carbonyl (C=O) groups is 5. The first kappa shape index (κ1) is 46.3. The molecule has 0 aliphatic rings. The number of aromatic nitrogens is 3. The van der Waals surface area contributed by atoms with E-state index in [-0.39, 0.29) is 64.2 Å². The lowest BCUT2D eigenvalue weighted by Gasteiger charge is -2.14. The predicted molar refractivity (Wildman–Crippen MR) is 196 cm³/mol. The van der Waals surface area contributed by atoms with Gasteiger partial charge in [0.05, 0.1) is 0 Å². The summed E-state index contributed by atoms with van der Waals surface area (Å²) in [4.78, 5) is 96.9. The molecule has 0 aliphatic heterocycles. The number of rotatable bonds is 31. The Kier molecular flexibility index (Phi) is 25.1. The molecule has 16 nitrogen and oxygen atoms in total. The molecule has 1 aromatic heterocycles. The Hall–Kier alpha value is -4.76. The molecule has 0 saturated heterocycles. The van der Waals surface area contributed by atoms with E-state index >= 15 is 0 Å². The van der Waals surface area contributed by atoms with Crippen molar-refractivity contribution < 1.29 is 42.9 Å². The second-order valence-corrected chi connectivity index (χ2v) is 12.5. The van der Waals surface area contributed by atoms with Gasteiger partial charge in [0.25, 0.3) is 0 Å². The number of amides is 1. The van der Waals surface area contributed by atoms with Crippen LogP contribution in [0, 0.1) is 0 Å². The summed E-state index contributed by atoms with van der Waals surface area (Å²) in [6, 6.07) is 0. The zero-order chi connectivity index (χ0) is 39.3. The smallest absolute Gasteiger partial charge is 0.407 e. The maximum Gasteiger partial charge on any atom is 0.407 e. The standard InChI is InChI=1S/C37H58N4O12/c1-4-31(43)50-26-27-52-33(45)21-15-9-7-12-18-24-40-35(47)39(23-17-11-6-8-14-20-30(3)42)36(48)41(37(40)49)25-19-13-10-16-22-38-34(46)53-29-28-51-32(44)5-2/h4-5H,1-2,6-29H2,3H3,(H,38,46). The van der Waals surface area contributed by atoms with Gasteiger partial charge in [-0.3, -0.25) is 4.79 Å². The van der Waals surface area contributed by atoms with Crippen LogP contribution >= 0.6 is 0 Å². The van der Waals surface area contributed by atoms with Gasteiger partial charge < -0.3 is 29.1 Å². The summed E-state index contributed by atoms with van der Waals surface area (Å²) in [5, 5.41) is 2.61. The number of ether oxygens (including phenoxy) is 4. The molecule has 1 heterocycles. The lowest BCUT2D eigenvalue weighted by atomic mass is 10.1. The number of unbranched alkanes of at least 4 members (excludes halogenated alkanes) is 11. The third-order valence-electron chi connectivity index (χ3n) is 8.12. The molecule has 0 spiro atoms. The fourth-order valence-corrected chi connectivity index (χ4v) is 5.25. The van der Waals surface area contributed by atoms with Crippen molar-refractivity contribution in [1.82, 2.24) is 19.0 Å². The van der Waals surface area contributed by atoms with E-state index in [9.17, 15) is 38.4 Å². The summed E-state index contributed by atoms with van der Waals surface area (Å²) in [5.41, 5.74) is -1.88. The van der Waals surface area contributed by atoms with Crippen molar-refractivity contribution in [3.05, 3.63) is 56.8 Å². The maximum atomic E-state index is 13.4. The lowest BCUT2D eigenvalue weighted by Crippen LogP contribution is -2.54. The number of esters is 3. The van der Waals surface area contributed by atoms with Crippen molar-refractivity contribution >= 4 is 29.8 Å². The Bertz CT molecular complexity index is 1400. The molecule has 0 aromatic carbocycles. The average molecular weight is 751 g/mol. The molecular formula is C37H58N4O12. The summed E-state index contributed by atoms with van der Waals surface area (Å²) in [5.74, 6) is -1.42. The zero-order valence-electron chi connectivity index (χ0n) is 31.3. The minimum Gasteiger partial charge on any atom is -0.462 e. The third-order valence-corrected chi connectivity index (χ3v) is 8.12. The van der Waals surface area contributed by atoms with Crippen molar-refractivity contribution in [2.45, 2.75) is 129 Å². The molecule has 298 valence electrons. The van der Waals surface area contributed by atoms with Gasteiger partial charge in [0.2, 0.25) is 0 Å². The second kappa shape index (κ2) is 28.8. The van der Waals surface area contributed by atoms with Crippen molar-refractivity contribution in [2.24, 2.45) is 0 Å². The van der Waals surface area contributed by atoms with Crippen LogP contribution in [-0.2, 0) is 57.8 Å².